The third-order valence-electron chi connectivity index (χ3n) is 4.15. The highest BCUT2D eigenvalue weighted by Gasteiger charge is 2.39. The van der Waals surface area contributed by atoms with Gasteiger partial charge >= 0.3 is 0 Å². The van der Waals surface area contributed by atoms with Crippen LogP contribution in [0.15, 0.2) is 30.3 Å². The number of rotatable bonds is 3. The van der Waals surface area contributed by atoms with Crippen LogP contribution in [-0.4, -0.2) is 31.1 Å². The van der Waals surface area contributed by atoms with Gasteiger partial charge in [-0.2, -0.15) is 0 Å². The van der Waals surface area contributed by atoms with Gasteiger partial charge in [-0.15, -0.1) is 0 Å². The summed E-state index contributed by atoms with van der Waals surface area (Å²) in [6, 6.07) is 11.9. The second kappa shape index (κ2) is 4.79. The van der Waals surface area contributed by atoms with Crippen molar-refractivity contribution in [2.45, 2.75) is 32.9 Å². The third kappa shape index (κ3) is 2.53. The molecule has 17 heavy (non-hydrogen) atoms. The number of nitrogens with one attached hydrogen (secondary N) is 1. The highest BCUT2D eigenvalue weighted by atomic mass is 15.2. The van der Waals surface area contributed by atoms with Crippen LogP contribution in [0.3, 0.4) is 0 Å². The molecule has 1 aliphatic heterocycles. The fourth-order valence-corrected chi connectivity index (χ4v) is 2.90. The molecule has 2 heteroatoms. The predicted molar refractivity (Wildman–Crippen MR) is 73.1 cm³/mol. The topological polar surface area (TPSA) is 15.3 Å². The lowest BCUT2D eigenvalue weighted by molar-refractivity contribution is 0.232. The molecule has 0 amide bonds. The van der Waals surface area contributed by atoms with E-state index in [4.69, 9.17) is 0 Å². The average molecular weight is 232 g/mol. The Hall–Kier alpha value is -0.860. The number of hydrogen-bond donors (Lipinski definition) is 1. The first-order valence-electron chi connectivity index (χ1n) is 6.51. The van der Waals surface area contributed by atoms with Gasteiger partial charge in [0.2, 0.25) is 0 Å². The Morgan fingerprint density at radius 2 is 1.94 bits per heavy atom. The van der Waals surface area contributed by atoms with Crippen molar-refractivity contribution in [3.63, 3.8) is 0 Å². The van der Waals surface area contributed by atoms with Gasteiger partial charge in [0, 0.05) is 25.2 Å². The van der Waals surface area contributed by atoms with Gasteiger partial charge in [-0.25, -0.2) is 0 Å². The highest BCUT2D eigenvalue weighted by Crippen LogP contribution is 2.34. The molecule has 94 valence electrons. The predicted octanol–water partition coefficient (Wildman–Crippen LogP) is 2.68. The molecule has 1 heterocycles. The summed E-state index contributed by atoms with van der Waals surface area (Å²) < 4.78 is 0. The van der Waals surface area contributed by atoms with Gasteiger partial charge in [0.1, 0.15) is 0 Å². The van der Waals surface area contributed by atoms with Crippen molar-refractivity contribution < 1.29 is 0 Å². The van der Waals surface area contributed by atoms with Gasteiger partial charge in [-0.05, 0) is 24.9 Å². The Morgan fingerprint density at radius 1 is 1.29 bits per heavy atom. The number of nitrogens with zero attached hydrogens (tertiary/aromatic N) is 1. The third-order valence-corrected chi connectivity index (χ3v) is 4.15. The van der Waals surface area contributed by atoms with E-state index in [-0.39, 0.29) is 0 Å². The smallest absolute Gasteiger partial charge is 0.0320 e. The maximum Gasteiger partial charge on any atom is 0.0320 e. The van der Waals surface area contributed by atoms with Crippen LogP contribution in [-0.2, 0) is 0 Å². The molecule has 0 aromatic heterocycles. The molecule has 1 aromatic rings. The summed E-state index contributed by atoms with van der Waals surface area (Å²) in [5.74, 6) is 0. The summed E-state index contributed by atoms with van der Waals surface area (Å²) in [6.07, 6.45) is 0. The van der Waals surface area contributed by atoms with Crippen LogP contribution in [0.1, 0.15) is 32.4 Å². The minimum atomic E-state index is 0.359. The molecule has 1 fully saturated rings. The van der Waals surface area contributed by atoms with Gasteiger partial charge in [0.25, 0.3) is 0 Å². The van der Waals surface area contributed by atoms with Crippen LogP contribution in [0.5, 0.6) is 0 Å². The Morgan fingerprint density at radius 3 is 2.47 bits per heavy atom. The first kappa shape index (κ1) is 12.6. The lowest BCUT2D eigenvalue weighted by Gasteiger charge is -2.26. The standard InChI is InChI=1S/C15H24N2/c1-12(13-8-6-5-7-9-13)17-10-14(16-4)15(2,3)11-17/h5-9,12,14,16H,10-11H2,1-4H3/t12?,14-/m0/s1. The molecular weight excluding hydrogens is 208 g/mol. The summed E-state index contributed by atoms with van der Waals surface area (Å²) >= 11 is 0. The number of hydrogen-bond acceptors (Lipinski definition) is 2. The van der Waals surface area contributed by atoms with E-state index in [0.29, 0.717) is 17.5 Å². The quantitative estimate of drug-likeness (QED) is 0.862. The molecule has 1 N–H and O–H groups in total. The molecular formula is C15H24N2. The van der Waals surface area contributed by atoms with Crippen molar-refractivity contribution in [3.05, 3.63) is 35.9 Å². The number of likely N-dealkylation sites (tertiary alicyclic amines) is 1. The van der Waals surface area contributed by atoms with Crippen molar-refractivity contribution >= 4 is 0 Å². The van der Waals surface area contributed by atoms with Gasteiger partial charge in [0.15, 0.2) is 0 Å². The first-order valence-corrected chi connectivity index (χ1v) is 6.51. The zero-order valence-corrected chi connectivity index (χ0v) is 11.4. The van der Waals surface area contributed by atoms with E-state index in [2.05, 4.69) is 68.4 Å². The molecule has 1 aliphatic rings. The Kier molecular flexibility index (Phi) is 3.55. The Bertz CT molecular complexity index is 358. The molecule has 1 unspecified atom stereocenters. The largest absolute Gasteiger partial charge is 0.315 e. The van der Waals surface area contributed by atoms with Crippen molar-refractivity contribution in [1.82, 2.24) is 10.2 Å². The van der Waals surface area contributed by atoms with Crippen LogP contribution in [0.2, 0.25) is 0 Å². The summed E-state index contributed by atoms with van der Waals surface area (Å²) in [5.41, 5.74) is 1.78. The molecule has 2 atom stereocenters. The van der Waals surface area contributed by atoms with Crippen molar-refractivity contribution in [3.8, 4) is 0 Å². The molecule has 1 aromatic carbocycles. The fourth-order valence-electron chi connectivity index (χ4n) is 2.90. The van der Waals surface area contributed by atoms with Crippen LogP contribution in [0, 0.1) is 5.41 Å². The minimum Gasteiger partial charge on any atom is -0.315 e. The normalized spacial score (nSPS) is 26.0. The summed E-state index contributed by atoms with van der Waals surface area (Å²) in [7, 11) is 2.07. The molecule has 0 saturated carbocycles. The van der Waals surface area contributed by atoms with E-state index < -0.39 is 0 Å². The second-order valence-corrected chi connectivity index (χ2v) is 5.85. The first-order chi connectivity index (χ1) is 8.04. The van der Waals surface area contributed by atoms with Crippen molar-refractivity contribution in [2.75, 3.05) is 20.1 Å². The van der Waals surface area contributed by atoms with E-state index in [0.717, 1.165) is 13.1 Å². The minimum absolute atomic E-state index is 0.359. The van der Waals surface area contributed by atoms with Gasteiger partial charge in [0.05, 0.1) is 0 Å². The van der Waals surface area contributed by atoms with Crippen LogP contribution >= 0.6 is 0 Å². The zero-order valence-electron chi connectivity index (χ0n) is 11.4. The Labute approximate surface area is 105 Å². The molecule has 0 radical (unpaired) electrons. The maximum atomic E-state index is 3.45. The molecule has 0 bridgehead atoms. The summed E-state index contributed by atoms with van der Waals surface area (Å²) in [5, 5.41) is 3.45. The van der Waals surface area contributed by atoms with E-state index >= 15 is 0 Å². The average Bonchev–Trinajstić information content (AvgIpc) is 2.64. The highest BCUT2D eigenvalue weighted by molar-refractivity contribution is 5.19. The van der Waals surface area contributed by atoms with Gasteiger partial charge in [-0.1, -0.05) is 44.2 Å². The monoisotopic (exact) mass is 232 g/mol. The summed E-state index contributed by atoms with van der Waals surface area (Å²) in [4.78, 5) is 2.58. The molecule has 0 aliphatic carbocycles. The van der Waals surface area contributed by atoms with Crippen LogP contribution in [0.4, 0.5) is 0 Å². The fraction of sp³-hybridized carbons (Fsp3) is 0.600. The van der Waals surface area contributed by atoms with Crippen LogP contribution in [0.25, 0.3) is 0 Å². The van der Waals surface area contributed by atoms with Crippen molar-refractivity contribution in [1.29, 1.82) is 0 Å². The van der Waals surface area contributed by atoms with E-state index in [1.165, 1.54) is 5.56 Å². The van der Waals surface area contributed by atoms with Gasteiger partial charge in [-0.3, -0.25) is 4.90 Å². The molecule has 2 nitrogen and oxygen atoms in total. The molecule has 2 rings (SSSR count). The lowest BCUT2D eigenvalue weighted by atomic mass is 9.88. The van der Waals surface area contributed by atoms with Gasteiger partial charge < -0.3 is 5.32 Å². The van der Waals surface area contributed by atoms with E-state index in [1.54, 1.807) is 0 Å². The summed E-state index contributed by atoms with van der Waals surface area (Å²) in [6.45, 7) is 9.31. The zero-order chi connectivity index (χ0) is 12.5. The lowest BCUT2D eigenvalue weighted by Crippen LogP contribution is -2.38. The van der Waals surface area contributed by atoms with E-state index in [9.17, 15) is 0 Å². The van der Waals surface area contributed by atoms with Crippen molar-refractivity contribution in [2.24, 2.45) is 5.41 Å². The number of likely N-dealkylation sites (N-methyl/N-ethyl adjacent to an activating group) is 1. The number of benzene rings is 1. The van der Waals surface area contributed by atoms with E-state index in [1.807, 2.05) is 0 Å². The molecule has 1 saturated heterocycles. The Balaban J connectivity index is 2.10. The molecule has 0 spiro atoms. The second-order valence-electron chi connectivity index (χ2n) is 5.85. The SMILES string of the molecule is CN[C@H]1CN(C(C)c2ccccc2)CC1(C)C. The maximum absolute atomic E-state index is 3.45. The van der Waals surface area contributed by atoms with Crippen LogP contribution < -0.4 is 5.32 Å².